The van der Waals surface area contributed by atoms with E-state index >= 15 is 9.59 Å². The van der Waals surface area contributed by atoms with E-state index in [0.29, 0.717) is 6.61 Å². The summed E-state index contributed by atoms with van der Waals surface area (Å²) in [6, 6.07) is 78.2. The Balaban J connectivity index is 1.03. The average molecular weight is 1260 g/mol. The number of hydrogen-bond donors (Lipinski definition) is 1. The maximum atomic E-state index is 16.3. The standard InChI is InChI=1S/C79H88N2O12/c1-58(82)81(47-68-72(86-50-61-33-15-4-16-34-61)76(89-53-64-39-21-7-22-40-64)73(87-51-62-35-17-5-18-36-62)69(92-68)56-84-48-59-29-11-2-12-30-59)71(79(83)80-67-45-27-10-28-46-67)75-78(91-55-66-43-25-9-26-44-66)77(90-54-65-41-23-8-24-42-65)74(88-52-63-37-19-6-20-38-63)70(93-75)57-85-49-60-31-13-3-14-32-60/h2-9,11-26,29-44,67-78H,10,27-28,45-57H2,1H3,(H,80,83)/t68-,69+,70+,71?,72-,73+,74+,75-,76+,77-,78-/m0/s1. The van der Waals surface area contributed by atoms with E-state index in [0.717, 1.165) is 76.6 Å². The molecule has 14 nitrogen and oxygen atoms in total. The van der Waals surface area contributed by atoms with Gasteiger partial charge in [0.2, 0.25) is 11.8 Å². The van der Waals surface area contributed by atoms with Crippen molar-refractivity contribution in [3.05, 3.63) is 287 Å². The van der Waals surface area contributed by atoms with Crippen LogP contribution in [0.1, 0.15) is 83.5 Å². The highest BCUT2D eigenvalue weighted by atomic mass is 16.6. The summed E-state index contributed by atoms with van der Waals surface area (Å²) in [5.74, 6) is -0.803. The largest absolute Gasteiger partial charge is 0.374 e. The second kappa shape index (κ2) is 35.5. The van der Waals surface area contributed by atoms with Gasteiger partial charge in [0.1, 0.15) is 67.1 Å². The number of amides is 2. The molecule has 3 aliphatic rings. The molecule has 11 rings (SSSR count). The van der Waals surface area contributed by atoms with E-state index in [1.165, 1.54) is 6.92 Å². The van der Waals surface area contributed by atoms with Crippen LogP contribution in [-0.4, -0.2) is 110 Å². The van der Waals surface area contributed by atoms with Gasteiger partial charge in [-0.05, 0) is 57.3 Å². The molecule has 486 valence electrons. The Bertz CT molecular complexity index is 3390. The number of nitrogens with one attached hydrogen (secondary N) is 1. The molecule has 2 heterocycles. The van der Waals surface area contributed by atoms with Gasteiger partial charge in [0.05, 0.1) is 72.6 Å². The lowest BCUT2D eigenvalue weighted by molar-refractivity contribution is -0.286. The minimum absolute atomic E-state index is 0.0368. The predicted molar refractivity (Wildman–Crippen MR) is 356 cm³/mol. The van der Waals surface area contributed by atoms with Crippen LogP contribution in [0.2, 0.25) is 0 Å². The van der Waals surface area contributed by atoms with Crippen molar-refractivity contribution in [2.24, 2.45) is 0 Å². The molecule has 8 aromatic rings. The highest BCUT2D eigenvalue weighted by Crippen LogP contribution is 2.37. The third-order valence-corrected chi connectivity index (χ3v) is 17.5. The summed E-state index contributed by atoms with van der Waals surface area (Å²) >= 11 is 0. The molecule has 11 atom stereocenters. The number of ether oxygens (including phenoxy) is 10. The van der Waals surface area contributed by atoms with Crippen LogP contribution in [0, 0.1) is 0 Å². The van der Waals surface area contributed by atoms with Crippen LogP contribution in [0.25, 0.3) is 0 Å². The Hall–Kier alpha value is -7.70. The van der Waals surface area contributed by atoms with Crippen molar-refractivity contribution in [2.75, 3.05) is 19.8 Å². The number of carbonyl (C=O) groups is 2. The van der Waals surface area contributed by atoms with Gasteiger partial charge in [0.15, 0.2) is 0 Å². The van der Waals surface area contributed by atoms with Gasteiger partial charge in [-0.25, -0.2) is 0 Å². The predicted octanol–water partition coefficient (Wildman–Crippen LogP) is 13.1. The molecule has 2 saturated heterocycles. The highest BCUT2D eigenvalue weighted by molar-refractivity contribution is 5.88. The third-order valence-electron chi connectivity index (χ3n) is 17.5. The van der Waals surface area contributed by atoms with Gasteiger partial charge in [0.25, 0.3) is 0 Å². The zero-order valence-electron chi connectivity index (χ0n) is 53.2. The summed E-state index contributed by atoms with van der Waals surface area (Å²) in [5.41, 5.74) is 7.53. The van der Waals surface area contributed by atoms with Gasteiger partial charge in [-0.1, -0.05) is 262 Å². The van der Waals surface area contributed by atoms with Crippen molar-refractivity contribution in [3.8, 4) is 0 Å². The van der Waals surface area contributed by atoms with Gasteiger partial charge in [0, 0.05) is 13.0 Å². The van der Waals surface area contributed by atoms with Crippen LogP contribution < -0.4 is 5.32 Å². The molecule has 1 saturated carbocycles. The van der Waals surface area contributed by atoms with E-state index in [4.69, 9.17) is 47.4 Å². The maximum absolute atomic E-state index is 16.3. The molecule has 2 aliphatic heterocycles. The lowest BCUT2D eigenvalue weighted by Crippen LogP contribution is -2.70. The molecule has 2 amide bonds. The molecule has 93 heavy (non-hydrogen) atoms. The zero-order valence-corrected chi connectivity index (χ0v) is 53.2. The van der Waals surface area contributed by atoms with Crippen molar-refractivity contribution in [1.82, 2.24) is 10.2 Å². The first-order valence-electron chi connectivity index (χ1n) is 32.9. The Morgan fingerprint density at radius 2 is 0.667 bits per heavy atom. The second-order valence-electron chi connectivity index (χ2n) is 24.4. The fourth-order valence-electron chi connectivity index (χ4n) is 12.7. The lowest BCUT2D eigenvalue weighted by atomic mass is 9.87. The van der Waals surface area contributed by atoms with Crippen LogP contribution in [0.15, 0.2) is 243 Å². The van der Waals surface area contributed by atoms with Crippen molar-refractivity contribution in [3.63, 3.8) is 0 Å². The van der Waals surface area contributed by atoms with Crippen LogP contribution in [0.4, 0.5) is 0 Å². The molecule has 14 heteroatoms. The molecule has 3 fully saturated rings. The molecule has 0 radical (unpaired) electrons. The van der Waals surface area contributed by atoms with Crippen molar-refractivity contribution in [2.45, 2.75) is 165 Å². The van der Waals surface area contributed by atoms with Gasteiger partial charge in [-0.15, -0.1) is 0 Å². The molecule has 0 bridgehead atoms. The average Bonchev–Trinajstić information content (AvgIpc) is 0.795. The van der Waals surface area contributed by atoms with Crippen molar-refractivity contribution >= 4 is 11.8 Å². The van der Waals surface area contributed by atoms with Gasteiger partial charge < -0.3 is 57.6 Å². The second-order valence-corrected chi connectivity index (χ2v) is 24.4. The fraction of sp³-hybridized carbons (Fsp3) is 0.367. The van der Waals surface area contributed by atoms with Crippen LogP contribution >= 0.6 is 0 Å². The van der Waals surface area contributed by atoms with E-state index in [1.807, 2.05) is 243 Å². The molecule has 8 aromatic carbocycles. The Morgan fingerprint density at radius 1 is 0.376 bits per heavy atom. The first kappa shape index (κ1) is 66.7. The van der Waals surface area contributed by atoms with Crippen LogP contribution in [0.5, 0.6) is 0 Å². The van der Waals surface area contributed by atoms with Crippen molar-refractivity contribution < 1.29 is 57.0 Å². The molecule has 0 spiro atoms. The highest BCUT2D eigenvalue weighted by Gasteiger charge is 2.56. The topological polar surface area (TPSA) is 142 Å². The Kier molecular flexibility index (Phi) is 25.5. The first-order valence-corrected chi connectivity index (χ1v) is 32.9. The molecule has 1 N–H and O–H groups in total. The van der Waals surface area contributed by atoms with E-state index < -0.39 is 78.9 Å². The fourth-order valence-corrected chi connectivity index (χ4v) is 12.7. The quantitative estimate of drug-likeness (QED) is 0.0429. The molecule has 1 unspecified atom stereocenters. The van der Waals surface area contributed by atoms with Gasteiger partial charge in [-0.2, -0.15) is 0 Å². The van der Waals surface area contributed by atoms with E-state index in [-0.39, 0.29) is 72.0 Å². The summed E-state index contributed by atoms with van der Waals surface area (Å²) < 4.78 is 71.6. The minimum atomic E-state index is -1.36. The maximum Gasteiger partial charge on any atom is 0.245 e. The van der Waals surface area contributed by atoms with Crippen LogP contribution in [0.3, 0.4) is 0 Å². The number of benzene rings is 8. The summed E-state index contributed by atoms with van der Waals surface area (Å²) in [6.07, 6.45) is -4.53. The van der Waals surface area contributed by atoms with Crippen molar-refractivity contribution in [1.29, 1.82) is 0 Å². The molecule has 0 aromatic heterocycles. The van der Waals surface area contributed by atoms with E-state index in [9.17, 15) is 0 Å². The summed E-state index contributed by atoms with van der Waals surface area (Å²) in [5, 5.41) is 3.48. The number of carbonyl (C=O) groups excluding carboxylic acids is 2. The van der Waals surface area contributed by atoms with Crippen LogP contribution in [-0.2, 0) is 110 Å². The van der Waals surface area contributed by atoms with E-state index in [1.54, 1.807) is 4.90 Å². The summed E-state index contributed by atoms with van der Waals surface area (Å²) in [6.45, 7) is 3.13. The monoisotopic (exact) mass is 1260 g/mol. The summed E-state index contributed by atoms with van der Waals surface area (Å²) in [7, 11) is 0. The Morgan fingerprint density at radius 3 is 1.01 bits per heavy atom. The smallest absolute Gasteiger partial charge is 0.245 e. The normalized spacial score (nSPS) is 22.8. The number of nitrogens with zero attached hydrogens (tertiary/aromatic N) is 1. The van der Waals surface area contributed by atoms with Gasteiger partial charge >= 0.3 is 0 Å². The number of hydrogen-bond acceptors (Lipinski definition) is 12. The Labute approximate surface area is 548 Å². The molecule has 1 aliphatic carbocycles. The zero-order chi connectivity index (χ0) is 63.7. The molecular formula is C79H88N2O12. The van der Waals surface area contributed by atoms with E-state index in [2.05, 4.69) is 5.32 Å². The minimum Gasteiger partial charge on any atom is -0.374 e. The SMILES string of the molecule is CC(=O)N(C[C@@H]1O[C@H](COCc2ccccc2)[C@@H](OCc2ccccc2)[C@H](OCc2ccccc2)[C@H]1OCc1ccccc1)C(C(=O)NC1CCCCC1)[C@@H]1O[C@H](COCc2ccccc2)[C@@H](OCc2ccccc2)[C@H](OCc2ccccc2)[C@H]1OCc1ccccc1. The molecular weight excluding hydrogens is 1170 g/mol. The van der Waals surface area contributed by atoms with Gasteiger partial charge in [-0.3, -0.25) is 9.59 Å². The summed E-state index contributed by atoms with van der Waals surface area (Å²) in [4.78, 5) is 33.5. The first-order chi connectivity index (χ1) is 45.9. The number of rotatable bonds is 32. The lowest BCUT2D eigenvalue weighted by Gasteiger charge is -2.51. The third kappa shape index (κ3) is 19.7.